The van der Waals surface area contributed by atoms with Gasteiger partial charge in [0.15, 0.2) is 0 Å². The van der Waals surface area contributed by atoms with Crippen LogP contribution in [0.4, 0.5) is 10.5 Å². The highest BCUT2D eigenvalue weighted by molar-refractivity contribution is 6.11. The Morgan fingerprint density at radius 2 is 1.64 bits per heavy atom. The van der Waals surface area contributed by atoms with Crippen LogP contribution >= 0.6 is 0 Å². The second-order valence-electron chi connectivity index (χ2n) is 8.30. The van der Waals surface area contributed by atoms with Gasteiger partial charge in [0.1, 0.15) is 12.1 Å². The van der Waals surface area contributed by atoms with Crippen molar-refractivity contribution in [3.63, 3.8) is 0 Å². The van der Waals surface area contributed by atoms with Gasteiger partial charge in [-0.15, -0.1) is 0 Å². The lowest BCUT2D eigenvalue weighted by Gasteiger charge is -2.24. The van der Waals surface area contributed by atoms with Gasteiger partial charge in [-0.3, -0.25) is 19.3 Å². The van der Waals surface area contributed by atoms with Crippen LogP contribution in [0, 0.1) is 0 Å². The summed E-state index contributed by atoms with van der Waals surface area (Å²) < 4.78 is 0. The zero-order chi connectivity index (χ0) is 23.8. The van der Waals surface area contributed by atoms with Gasteiger partial charge in [0, 0.05) is 25.3 Å². The first-order valence-corrected chi connectivity index (χ1v) is 10.4. The largest absolute Gasteiger partial charge is 0.345 e. The maximum absolute atomic E-state index is 13.3. The van der Waals surface area contributed by atoms with Crippen molar-refractivity contribution < 1.29 is 19.2 Å². The lowest BCUT2D eigenvalue weighted by atomic mass is 9.88. The Labute approximate surface area is 191 Å². The van der Waals surface area contributed by atoms with Crippen molar-refractivity contribution in [1.82, 2.24) is 15.1 Å². The Balaban J connectivity index is 1.50. The van der Waals surface area contributed by atoms with Crippen LogP contribution in [0.15, 0.2) is 66.7 Å². The highest BCUT2D eigenvalue weighted by Gasteiger charge is 2.50. The van der Waals surface area contributed by atoms with E-state index in [0.29, 0.717) is 16.8 Å². The number of urea groups is 1. The smallest absolute Gasteiger partial charge is 0.325 e. The molecule has 2 N–H and O–H groups in total. The molecule has 168 valence electrons. The molecule has 3 aromatic rings. The number of anilines is 1. The molecular formula is C25H24N4O4. The molecule has 1 aliphatic rings. The van der Waals surface area contributed by atoms with Gasteiger partial charge < -0.3 is 15.5 Å². The van der Waals surface area contributed by atoms with Crippen LogP contribution in [-0.4, -0.2) is 54.2 Å². The highest BCUT2D eigenvalue weighted by atomic mass is 16.2. The van der Waals surface area contributed by atoms with Gasteiger partial charge >= 0.3 is 6.03 Å². The topological polar surface area (TPSA) is 98.8 Å². The fourth-order valence-corrected chi connectivity index (χ4v) is 3.98. The van der Waals surface area contributed by atoms with E-state index in [4.69, 9.17) is 0 Å². The summed E-state index contributed by atoms with van der Waals surface area (Å²) in [5.74, 6) is -1.17. The third-order valence-corrected chi connectivity index (χ3v) is 5.73. The molecule has 3 aromatic carbocycles. The van der Waals surface area contributed by atoms with E-state index < -0.39 is 29.9 Å². The molecule has 33 heavy (non-hydrogen) atoms. The van der Waals surface area contributed by atoms with E-state index in [2.05, 4.69) is 10.6 Å². The van der Waals surface area contributed by atoms with E-state index in [1.807, 2.05) is 36.4 Å². The average molecular weight is 444 g/mol. The number of rotatable bonds is 5. The predicted octanol–water partition coefficient (Wildman–Crippen LogP) is 2.95. The summed E-state index contributed by atoms with van der Waals surface area (Å²) in [6.07, 6.45) is 0. The Morgan fingerprint density at radius 3 is 2.33 bits per heavy atom. The lowest BCUT2D eigenvalue weighted by Crippen LogP contribution is -2.42. The van der Waals surface area contributed by atoms with E-state index in [9.17, 15) is 19.2 Å². The number of benzene rings is 3. The lowest BCUT2D eigenvalue weighted by molar-refractivity contribution is -0.133. The highest BCUT2D eigenvalue weighted by Crippen LogP contribution is 2.33. The molecule has 0 bridgehead atoms. The summed E-state index contributed by atoms with van der Waals surface area (Å²) in [5, 5.41) is 7.22. The van der Waals surface area contributed by atoms with Crippen molar-refractivity contribution in [1.29, 1.82) is 0 Å². The van der Waals surface area contributed by atoms with E-state index in [-0.39, 0.29) is 5.91 Å². The van der Waals surface area contributed by atoms with Gasteiger partial charge in [-0.25, -0.2) is 4.79 Å². The number of imide groups is 1. The Morgan fingerprint density at radius 1 is 0.970 bits per heavy atom. The summed E-state index contributed by atoms with van der Waals surface area (Å²) in [6, 6.07) is 19.0. The number of nitrogens with zero attached hydrogens (tertiary/aromatic N) is 2. The molecule has 0 saturated carbocycles. The SMILES string of the molecule is CN(C)C(=O)c1ccc(NC(=O)CN2C(=O)N[C@](C)(c3cccc4ccccc34)C2=O)cc1. The molecule has 8 heteroatoms. The molecule has 0 aromatic heterocycles. The minimum absolute atomic E-state index is 0.153. The molecule has 0 spiro atoms. The Hall–Kier alpha value is -4.20. The predicted molar refractivity (Wildman–Crippen MR) is 125 cm³/mol. The average Bonchev–Trinajstić information content (AvgIpc) is 3.02. The van der Waals surface area contributed by atoms with E-state index in [1.54, 1.807) is 51.4 Å². The third kappa shape index (κ3) is 4.03. The number of carbonyl (C=O) groups is 4. The number of carbonyl (C=O) groups excluding carboxylic acids is 4. The molecule has 1 fully saturated rings. The van der Waals surface area contributed by atoms with Crippen LogP contribution in [0.25, 0.3) is 10.8 Å². The Bertz CT molecular complexity index is 1260. The molecule has 0 unspecified atom stereocenters. The van der Waals surface area contributed by atoms with Gasteiger partial charge in [-0.2, -0.15) is 0 Å². The molecule has 4 rings (SSSR count). The number of hydrogen-bond acceptors (Lipinski definition) is 4. The molecular weight excluding hydrogens is 420 g/mol. The minimum Gasteiger partial charge on any atom is -0.345 e. The van der Waals surface area contributed by atoms with Gasteiger partial charge in [0.25, 0.3) is 11.8 Å². The van der Waals surface area contributed by atoms with Gasteiger partial charge in [-0.1, -0.05) is 42.5 Å². The summed E-state index contributed by atoms with van der Waals surface area (Å²) in [7, 11) is 3.31. The van der Waals surface area contributed by atoms with Gasteiger partial charge in [-0.05, 0) is 47.5 Å². The second-order valence-corrected chi connectivity index (χ2v) is 8.30. The fraction of sp³-hybridized carbons (Fsp3) is 0.200. The zero-order valence-electron chi connectivity index (χ0n) is 18.6. The van der Waals surface area contributed by atoms with Gasteiger partial charge in [0.2, 0.25) is 5.91 Å². The van der Waals surface area contributed by atoms with Crippen molar-refractivity contribution in [2.75, 3.05) is 26.0 Å². The second kappa shape index (κ2) is 8.38. The van der Waals surface area contributed by atoms with Crippen LogP contribution in [-0.2, 0) is 15.1 Å². The summed E-state index contributed by atoms with van der Waals surface area (Å²) >= 11 is 0. The normalized spacial score (nSPS) is 17.7. The molecule has 1 saturated heterocycles. The third-order valence-electron chi connectivity index (χ3n) is 5.73. The van der Waals surface area contributed by atoms with Crippen molar-refractivity contribution in [2.24, 2.45) is 0 Å². The molecule has 1 heterocycles. The summed E-state index contributed by atoms with van der Waals surface area (Å²) in [4.78, 5) is 52.9. The number of fused-ring (bicyclic) bond motifs is 1. The van der Waals surface area contributed by atoms with Crippen LogP contribution in [0.1, 0.15) is 22.8 Å². The van der Waals surface area contributed by atoms with Gasteiger partial charge in [0.05, 0.1) is 0 Å². The zero-order valence-corrected chi connectivity index (χ0v) is 18.6. The summed E-state index contributed by atoms with van der Waals surface area (Å²) in [6.45, 7) is 1.22. The monoisotopic (exact) mass is 444 g/mol. The van der Waals surface area contributed by atoms with Crippen molar-refractivity contribution >= 4 is 40.2 Å². The standard InChI is InChI=1S/C25H24N4O4/c1-25(20-10-6-8-16-7-4-5-9-19(16)20)23(32)29(24(33)27-25)15-21(30)26-18-13-11-17(12-14-18)22(31)28(2)3/h4-14H,15H2,1-3H3,(H,26,30)(H,27,33)/t25-/m1/s1. The Kier molecular flexibility index (Phi) is 5.59. The minimum atomic E-state index is -1.29. The molecule has 1 aliphatic heterocycles. The van der Waals surface area contributed by atoms with E-state index in [0.717, 1.165) is 15.7 Å². The number of nitrogens with one attached hydrogen (secondary N) is 2. The van der Waals surface area contributed by atoms with Crippen molar-refractivity contribution in [3.8, 4) is 0 Å². The number of hydrogen-bond donors (Lipinski definition) is 2. The van der Waals surface area contributed by atoms with Crippen LogP contribution < -0.4 is 10.6 Å². The maximum Gasteiger partial charge on any atom is 0.325 e. The summed E-state index contributed by atoms with van der Waals surface area (Å²) in [5.41, 5.74) is 0.326. The molecule has 0 aliphatic carbocycles. The fourth-order valence-electron chi connectivity index (χ4n) is 3.98. The van der Waals surface area contributed by atoms with E-state index in [1.165, 1.54) is 4.90 Å². The molecule has 1 atom stereocenters. The maximum atomic E-state index is 13.3. The van der Waals surface area contributed by atoms with Crippen LogP contribution in [0.2, 0.25) is 0 Å². The molecule has 5 amide bonds. The van der Waals surface area contributed by atoms with Crippen LogP contribution in [0.5, 0.6) is 0 Å². The quantitative estimate of drug-likeness (QED) is 0.591. The molecule has 0 radical (unpaired) electrons. The van der Waals surface area contributed by atoms with Crippen LogP contribution in [0.3, 0.4) is 0 Å². The molecule has 8 nitrogen and oxygen atoms in total. The number of amides is 5. The van der Waals surface area contributed by atoms with Crippen molar-refractivity contribution in [2.45, 2.75) is 12.5 Å². The first kappa shape index (κ1) is 22.0. The van der Waals surface area contributed by atoms with E-state index >= 15 is 0 Å². The first-order chi connectivity index (χ1) is 15.7. The first-order valence-electron chi connectivity index (χ1n) is 10.4. The van der Waals surface area contributed by atoms with Crippen molar-refractivity contribution in [3.05, 3.63) is 77.9 Å².